The van der Waals surface area contributed by atoms with Crippen LogP contribution in [0, 0.1) is 6.92 Å². The maximum atomic E-state index is 12.0. The SMILES string of the molecule is Cc1ccc(SC(C(=O)O)C(C)c2ccc(OCCN(C)c3nc4ccccc4o3)cc2)cc1. The molecule has 4 rings (SSSR count). The van der Waals surface area contributed by atoms with Crippen LogP contribution in [-0.4, -0.2) is 41.5 Å². The molecule has 34 heavy (non-hydrogen) atoms. The minimum absolute atomic E-state index is 0.164. The number of benzene rings is 3. The van der Waals surface area contributed by atoms with Crippen molar-refractivity contribution in [1.82, 2.24) is 4.98 Å². The number of carboxylic acids is 1. The van der Waals surface area contributed by atoms with E-state index in [0.717, 1.165) is 32.9 Å². The zero-order valence-electron chi connectivity index (χ0n) is 19.5. The molecule has 1 aromatic heterocycles. The first-order chi connectivity index (χ1) is 16.4. The van der Waals surface area contributed by atoms with Crippen molar-refractivity contribution < 1.29 is 19.1 Å². The number of nitrogens with zero attached hydrogens (tertiary/aromatic N) is 2. The molecule has 0 saturated heterocycles. The van der Waals surface area contributed by atoms with Crippen LogP contribution in [0.4, 0.5) is 6.01 Å². The van der Waals surface area contributed by atoms with Gasteiger partial charge in [-0.2, -0.15) is 4.98 Å². The molecule has 0 amide bonds. The first-order valence-corrected chi connectivity index (χ1v) is 12.0. The van der Waals surface area contributed by atoms with Crippen LogP contribution in [0.1, 0.15) is 24.0 Å². The number of ether oxygens (including phenoxy) is 1. The highest BCUT2D eigenvalue weighted by atomic mass is 32.2. The second kappa shape index (κ2) is 10.7. The van der Waals surface area contributed by atoms with E-state index >= 15 is 0 Å². The fourth-order valence-electron chi connectivity index (χ4n) is 3.59. The molecular formula is C27H28N2O4S. The maximum Gasteiger partial charge on any atom is 0.317 e. The molecule has 7 heteroatoms. The summed E-state index contributed by atoms with van der Waals surface area (Å²) < 4.78 is 11.7. The van der Waals surface area contributed by atoms with Gasteiger partial charge in [-0.3, -0.25) is 4.79 Å². The summed E-state index contributed by atoms with van der Waals surface area (Å²) >= 11 is 1.38. The van der Waals surface area contributed by atoms with E-state index in [1.54, 1.807) is 0 Å². The van der Waals surface area contributed by atoms with Crippen LogP contribution in [0.2, 0.25) is 0 Å². The maximum absolute atomic E-state index is 12.0. The van der Waals surface area contributed by atoms with Crippen molar-refractivity contribution in [3.05, 3.63) is 83.9 Å². The van der Waals surface area contributed by atoms with Crippen molar-refractivity contribution in [1.29, 1.82) is 0 Å². The van der Waals surface area contributed by atoms with Crippen LogP contribution in [0.3, 0.4) is 0 Å². The molecule has 176 valence electrons. The summed E-state index contributed by atoms with van der Waals surface area (Å²) in [7, 11) is 1.91. The lowest BCUT2D eigenvalue weighted by Crippen LogP contribution is -2.24. The lowest BCUT2D eigenvalue weighted by Gasteiger charge is -2.21. The normalized spacial score (nSPS) is 12.9. The monoisotopic (exact) mass is 476 g/mol. The van der Waals surface area contributed by atoms with Gasteiger partial charge in [0.1, 0.15) is 23.1 Å². The van der Waals surface area contributed by atoms with E-state index < -0.39 is 11.2 Å². The van der Waals surface area contributed by atoms with Gasteiger partial charge in [0.25, 0.3) is 6.01 Å². The summed E-state index contributed by atoms with van der Waals surface area (Å²) in [6, 6.07) is 23.8. The van der Waals surface area contributed by atoms with E-state index in [2.05, 4.69) is 4.98 Å². The number of thioether (sulfide) groups is 1. The van der Waals surface area contributed by atoms with Crippen LogP contribution in [0.25, 0.3) is 11.1 Å². The molecule has 1 heterocycles. The third-order valence-electron chi connectivity index (χ3n) is 5.69. The Labute approximate surface area is 203 Å². The van der Waals surface area contributed by atoms with E-state index in [9.17, 15) is 9.90 Å². The number of aliphatic carboxylic acids is 1. The number of hydrogen-bond acceptors (Lipinski definition) is 6. The molecule has 0 aliphatic carbocycles. The Morgan fingerprint density at radius 2 is 1.79 bits per heavy atom. The van der Waals surface area contributed by atoms with Crippen LogP contribution in [-0.2, 0) is 4.79 Å². The number of fused-ring (bicyclic) bond motifs is 1. The minimum atomic E-state index is -0.819. The average Bonchev–Trinajstić information content (AvgIpc) is 3.28. The topological polar surface area (TPSA) is 75.8 Å². The number of carboxylic acid groups (broad SMARTS) is 1. The quantitative estimate of drug-likeness (QED) is 0.281. The highest BCUT2D eigenvalue weighted by Crippen LogP contribution is 2.34. The predicted molar refractivity (Wildman–Crippen MR) is 136 cm³/mol. The molecule has 0 aliphatic heterocycles. The highest BCUT2D eigenvalue weighted by molar-refractivity contribution is 8.00. The van der Waals surface area contributed by atoms with Gasteiger partial charge >= 0.3 is 5.97 Å². The van der Waals surface area contributed by atoms with Crippen molar-refractivity contribution in [3.63, 3.8) is 0 Å². The number of para-hydroxylation sites is 2. The van der Waals surface area contributed by atoms with E-state index in [-0.39, 0.29) is 5.92 Å². The lowest BCUT2D eigenvalue weighted by atomic mass is 9.97. The number of aryl methyl sites for hydroxylation is 1. The number of anilines is 1. The molecule has 0 bridgehead atoms. The summed E-state index contributed by atoms with van der Waals surface area (Å²) in [5.74, 6) is -0.247. The Morgan fingerprint density at radius 1 is 1.09 bits per heavy atom. The Balaban J connectivity index is 1.33. The number of aromatic nitrogens is 1. The van der Waals surface area contributed by atoms with Crippen molar-refractivity contribution in [2.75, 3.05) is 25.1 Å². The molecule has 0 radical (unpaired) electrons. The molecule has 6 nitrogen and oxygen atoms in total. The van der Waals surface area contributed by atoms with Gasteiger partial charge in [-0.15, -0.1) is 11.8 Å². The standard InChI is InChI=1S/C27H28N2O4S/c1-18-8-14-22(15-9-18)34-25(26(30)31)19(2)20-10-12-21(13-11-20)32-17-16-29(3)27-28-23-6-4-5-7-24(23)33-27/h4-15,19,25H,16-17H2,1-3H3,(H,30,31). The summed E-state index contributed by atoms with van der Waals surface area (Å²) in [6.07, 6.45) is 0. The van der Waals surface area contributed by atoms with Crippen molar-refractivity contribution in [2.45, 2.75) is 29.9 Å². The van der Waals surface area contributed by atoms with Gasteiger partial charge in [0.2, 0.25) is 0 Å². The minimum Gasteiger partial charge on any atom is -0.492 e. The molecule has 3 aromatic carbocycles. The third kappa shape index (κ3) is 5.72. The van der Waals surface area contributed by atoms with Crippen LogP contribution in [0.5, 0.6) is 5.75 Å². The molecular weight excluding hydrogens is 448 g/mol. The van der Waals surface area contributed by atoms with Crippen molar-refractivity contribution in [2.24, 2.45) is 0 Å². The highest BCUT2D eigenvalue weighted by Gasteiger charge is 2.27. The van der Waals surface area contributed by atoms with Gasteiger partial charge < -0.3 is 19.2 Å². The summed E-state index contributed by atoms with van der Waals surface area (Å²) in [5.41, 5.74) is 3.70. The van der Waals surface area contributed by atoms with Crippen molar-refractivity contribution >= 4 is 34.8 Å². The Bertz CT molecular complexity index is 1200. The van der Waals surface area contributed by atoms with Crippen LogP contribution < -0.4 is 9.64 Å². The summed E-state index contributed by atoms with van der Waals surface area (Å²) in [5, 5.41) is 9.24. The predicted octanol–water partition coefficient (Wildman–Crippen LogP) is 6.00. The number of carbonyl (C=O) groups is 1. The molecule has 0 saturated carbocycles. The number of oxazole rings is 1. The Morgan fingerprint density at radius 3 is 2.47 bits per heavy atom. The molecule has 0 fully saturated rings. The Kier molecular flexibility index (Phi) is 7.43. The fraction of sp³-hybridized carbons (Fsp3) is 0.259. The third-order valence-corrected chi connectivity index (χ3v) is 7.10. The molecule has 1 N–H and O–H groups in total. The summed E-state index contributed by atoms with van der Waals surface area (Å²) in [6.45, 7) is 5.04. The number of hydrogen-bond donors (Lipinski definition) is 1. The zero-order chi connectivity index (χ0) is 24.1. The van der Waals surface area contributed by atoms with E-state index in [1.165, 1.54) is 11.8 Å². The zero-order valence-corrected chi connectivity index (χ0v) is 20.3. The number of rotatable bonds is 10. The summed E-state index contributed by atoms with van der Waals surface area (Å²) in [4.78, 5) is 19.3. The van der Waals surface area contributed by atoms with Gasteiger partial charge in [-0.25, -0.2) is 0 Å². The molecule has 2 unspecified atom stereocenters. The smallest absolute Gasteiger partial charge is 0.317 e. The van der Waals surface area contributed by atoms with Gasteiger partial charge in [-0.1, -0.05) is 48.9 Å². The first kappa shape index (κ1) is 23.7. The molecule has 0 aliphatic rings. The molecule has 2 atom stereocenters. The fourth-order valence-corrected chi connectivity index (χ4v) is 4.64. The van der Waals surface area contributed by atoms with Crippen LogP contribution >= 0.6 is 11.8 Å². The van der Waals surface area contributed by atoms with E-state index in [0.29, 0.717) is 19.2 Å². The number of likely N-dealkylation sites (N-methyl/N-ethyl adjacent to an activating group) is 1. The van der Waals surface area contributed by atoms with Gasteiger partial charge in [0, 0.05) is 17.9 Å². The second-order valence-corrected chi connectivity index (χ2v) is 9.50. The Hall–Kier alpha value is -3.45. The van der Waals surface area contributed by atoms with Gasteiger partial charge in [0.05, 0.1) is 6.54 Å². The van der Waals surface area contributed by atoms with Gasteiger partial charge in [0.15, 0.2) is 5.58 Å². The van der Waals surface area contributed by atoms with Gasteiger partial charge in [-0.05, 0) is 48.9 Å². The second-order valence-electron chi connectivity index (χ2n) is 8.28. The molecule has 4 aromatic rings. The van der Waals surface area contributed by atoms with Crippen molar-refractivity contribution in [3.8, 4) is 5.75 Å². The van der Waals surface area contributed by atoms with E-state index in [1.807, 2.05) is 98.6 Å². The first-order valence-electron chi connectivity index (χ1n) is 11.2. The van der Waals surface area contributed by atoms with E-state index in [4.69, 9.17) is 9.15 Å². The average molecular weight is 477 g/mol. The largest absolute Gasteiger partial charge is 0.492 e. The lowest BCUT2D eigenvalue weighted by molar-refractivity contribution is -0.136. The molecule has 0 spiro atoms. The van der Waals surface area contributed by atoms with Crippen LogP contribution in [0.15, 0.2) is 82.1 Å².